The molecule has 7 nitrogen and oxygen atoms in total. The molecule has 2 atom stereocenters. The lowest BCUT2D eigenvalue weighted by Gasteiger charge is -2.33. The van der Waals surface area contributed by atoms with E-state index in [2.05, 4.69) is 9.05 Å². The average molecular weight is 288 g/mol. The normalized spacial score (nSPS) is 17.9. The topological polar surface area (TPSA) is 113 Å². The zero-order valence-corrected chi connectivity index (χ0v) is 11.9. The first-order valence-electron chi connectivity index (χ1n) is 4.93. The largest absolute Gasteiger partial charge is 0.700 e. The first-order valence-corrected chi connectivity index (χ1v) is 7.19. The van der Waals surface area contributed by atoms with Gasteiger partial charge in [0, 0.05) is 9.13 Å². The van der Waals surface area contributed by atoms with E-state index in [9.17, 15) is 14.2 Å². The van der Waals surface area contributed by atoms with Crippen LogP contribution < -0.4 is 0 Å². The molecule has 0 aromatic heterocycles. The molecule has 100 valence electrons. The molecule has 17 heavy (non-hydrogen) atoms. The summed E-state index contributed by atoms with van der Waals surface area (Å²) in [5.41, 5.74) is -1.14. The van der Waals surface area contributed by atoms with E-state index in [4.69, 9.17) is 9.79 Å². The molecule has 0 spiro atoms. The van der Waals surface area contributed by atoms with Gasteiger partial charge < -0.3 is 5.11 Å². The zero-order chi connectivity index (χ0) is 13.9. The van der Waals surface area contributed by atoms with Gasteiger partial charge in [-0.25, -0.2) is 0 Å². The molecule has 9 heteroatoms. The van der Waals surface area contributed by atoms with E-state index < -0.39 is 27.9 Å². The molecule has 0 aliphatic heterocycles. The molecule has 0 saturated heterocycles. The van der Waals surface area contributed by atoms with Gasteiger partial charge in [0.05, 0.1) is 5.41 Å². The molecule has 0 aliphatic rings. The van der Waals surface area contributed by atoms with Crippen LogP contribution in [-0.4, -0.2) is 20.9 Å². The van der Waals surface area contributed by atoms with Crippen molar-refractivity contribution in [3.8, 4) is 0 Å². The Morgan fingerprint density at radius 3 is 1.71 bits per heavy atom. The van der Waals surface area contributed by atoms with Gasteiger partial charge in [-0.2, -0.15) is 0 Å². The van der Waals surface area contributed by atoms with Crippen LogP contribution in [0, 0.1) is 11.3 Å². The smallest absolute Gasteiger partial charge is 0.337 e. The highest BCUT2D eigenvalue weighted by atomic mass is 31.1. The number of hydrogen-bond acceptors (Lipinski definition) is 5. The molecule has 0 radical (unpaired) electrons. The van der Waals surface area contributed by atoms with Crippen LogP contribution in [0.3, 0.4) is 0 Å². The van der Waals surface area contributed by atoms with Crippen molar-refractivity contribution in [2.24, 2.45) is 11.3 Å². The second-order valence-electron chi connectivity index (χ2n) is 4.72. The zero-order valence-electron chi connectivity index (χ0n) is 10.2. The molecule has 2 unspecified atom stereocenters. The number of rotatable bonds is 7. The summed E-state index contributed by atoms with van der Waals surface area (Å²) >= 11 is 0. The fraction of sp³-hybridized carbons (Fsp3) is 1.00. The third-order valence-electron chi connectivity index (χ3n) is 2.18. The lowest BCUT2D eigenvalue weighted by atomic mass is 9.81. The minimum atomic E-state index is -3.17. The van der Waals surface area contributed by atoms with E-state index >= 15 is 0 Å². The second-order valence-corrected chi connectivity index (χ2v) is 6.04. The van der Waals surface area contributed by atoms with Gasteiger partial charge in [-0.15, -0.1) is 9.79 Å². The molecule has 0 amide bonds. The van der Waals surface area contributed by atoms with Gasteiger partial charge in [0.2, 0.25) is 0 Å². The van der Waals surface area contributed by atoms with Crippen molar-refractivity contribution in [2.45, 2.75) is 40.1 Å². The first-order chi connectivity index (χ1) is 7.50. The van der Waals surface area contributed by atoms with Gasteiger partial charge in [-0.3, -0.25) is 0 Å². The Kier molecular flexibility index (Phi) is 6.25. The van der Waals surface area contributed by atoms with Gasteiger partial charge in [0.1, 0.15) is 0 Å². The van der Waals surface area contributed by atoms with Gasteiger partial charge in [0.15, 0.2) is 0 Å². The third-order valence-corrected chi connectivity index (χ3v) is 2.98. The summed E-state index contributed by atoms with van der Waals surface area (Å²) in [5.74, 6) is -2.47. The van der Waals surface area contributed by atoms with Crippen molar-refractivity contribution in [1.29, 1.82) is 0 Å². The summed E-state index contributed by atoms with van der Waals surface area (Å²) in [6.45, 7) is 6.73. The van der Waals surface area contributed by atoms with Crippen LogP contribution in [0.5, 0.6) is 0 Å². The van der Waals surface area contributed by atoms with E-state index in [1.54, 1.807) is 0 Å². The predicted octanol–water partition coefficient (Wildman–Crippen LogP) is 2.04. The van der Waals surface area contributed by atoms with Gasteiger partial charge in [-0.05, 0) is 21.4 Å². The summed E-state index contributed by atoms with van der Waals surface area (Å²) in [4.78, 5) is 17.3. The SMILES string of the molecule is CC(C)CC(C)(C)C(O)(O[P+](=O)O)O[P+](=O)O. The van der Waals surface area contributed by atoms with E-state index in [0.717, 1.165) is 0 Å². The summed E-state index contributed by atoms with van der Waals surface area (Å²) in [6, 6.07) is 0. The summed E-state index contributed by atoms with van der Waals surface area (Å²) in [5, 5.41) is 10.00. The predicted molar refractivity (Wildman–Crippen MR) is 60.0 cm³/mol. The Balaban J connectivity index is 5.13. The first kappa shape index (κ1) is 17.0. The van der Waals surface area contributed by atoms with E-state index in [0.29, 0.717) is 6.42 Å². The highest BCUT2D eigenvalue weighted by molar-refractivity contribution is 7.33. The van der Waals surface area contributed by atoms with Crippen molar-refractivity contribution in [3.05, 3.63) is 0 Å². The maximum Gasteiger partial charge on any atom is 0.700 e. The Bertz CT molecular complexity index is 286. The molecule has 0 aromatic carbocycles. The molecule has 3 N–H and O–H groups in total. The quantitative estimate of drug-likeness (QED) is 0.485. The van der Waals surface area contributed by atoms with E-state index in [-0.39, 0.29) is 5.92 Å². The summed E-state index contributed by atoms with van der Waals surface area (Å²) in [6.07, 6.45) is 0.357. The Labute approximate surface area is 102 Å². The molecule has 0 rings (SSSR count). The lowest BCUT2D eigenvalue weighted by molar-refractivity contribution is -0.335. The van der Waals surface area contributed by atoms with Crippen LogP contribution in [0.2, 0.25) is 0 Å². The van der Waals surface area contributed by atoms with Crippen LogP contribution in [0.4, 0.5) is 0 Å². The van der Waals surface area contributed by atoms with Crippen LogP contribution in [-0.2, 0) is 18.2 Å². The van der Waals surface area contributed by atoms with Crippen LogP contribution >= 0.6 is 16.5 Å². The van der Waals surface area contributed by atoms with Crippen molar-refractivity contribution in [3.63, 3.8) is 0 Å². The van der Waals surface area contributed by atoms with Crippen molar-refractivity contribution < 1.29 is 33.1 Å². The van der Waals surface area contributed by atoms with Gasteiger partial charge in [-0.1, -0.05) is 27.7 Å². The summed E-state index contributed by atoms with van der Waals surface area (Å²) < 4.78 is 30.0. The molecular formula is C8H18O7P2+2. The van der Waals surface area contributed by atoms with Gasteiger partial charge >= 0.3 is 22.5 Å². The fourth-order valence-electron chi connectivity index (χ4n) is 1.63. The minimum Gasteiger partial charge on any atom is -0.337 e. The Morgan fingerprint density at radius 2 is 1.47 bits per heavy atom. The van der Waals surface area contributed by atoms with Crippen LogP contribution in [0.1, 0.15) is 34.1 Å². The number of hydrogen-bond donors (Lipinski definition) is 3. The van der Waals surface area contributed by atoms with Crippen LogP contribution in [0.25, 0.3) is 0 Å². The van der Waals surface area contributed by atoms with Gasteiger partial charge in [0.25, 0.3) is 0 Å². The molecule has 0 aliphatic carbocycles. The molecule has 0 fully saturated rings. The molecule has 0 bridgehead atoms. The Morgan fingerprint density at radius 1 is 1.12 bits per heavy atom. The minimum absolute atomic E-state index is 0.122. The average Bonchev–Trinajstić information content (AvgIpc) is 1.96. The maximum atomic E-state index is 10.6. The fourth-order valence-corrected chi connectivity index (χ4v) is 2.68. The van der Waals surface area contributed by atoms with Crippen molar-refractivity contribution in [2.75, 3.05) is 0 Å². The Hall–Kier alpha value is -0.0000000000000000763. The highest BCUT2D eigenvalue weighted by Gasteiger charge is 2.59. The molecular weight excluding hydrogens is 270 g/mol. The maximum absolute atomic E-state index is 10.6. The highest BCUT2D eigenvalue weighted by Crippen LogP contribution is 2.46. The summed E-state index contributed by atoms with van der Waals surface area (Å²) in [7, 11) is -6.35. The standard InChI is InChI=1S/C8H16O7P2/c1-6(2)5-7(3,4)8(9,14-16(10)11)15-17(12)13/h6,9H,5H2,1-4H3/p+2. The van der Waals surface area contributed by atoms with Crippen LogP contribution in [0.15, 0.2) is 0 Å². The van der Waals surface area contributed by atoms with E-state index in [1.807, 2.05) is 13.8 Å². The lowest BCUT2D eigenvalue weighted by Crippen LogP contribution is -2.47. The molecule has 0 saturated carbocycles. The van der Waals surface area contributed by atoms with E-state index in [1.165, 1.54) is 13.8 Å². The number of aliphatic hydroxyl groups is 1. The monoisotopic (exact) mass is 288 g/mol. The van der Waals surface area contributed by atoms with Crippen molar-refractivity contribution in [1.82, 2.24) is 0 Å². The molecule has 0 aromatic rings. The third kappa shape index (κ3) is 5.44. The second kappa shape index (κ2) is 6.25. The molecule has 0 heterocycles. The van der Waals surface area contributed by atoms with Crippen molar-refractivity contribution >= 4 is 16.5 Å².